The van der Waals surface area contributed by atoms with Crippen molar-refractivity contribution in [2.75, 3.05) is 6.61 Å². The highest BCUT2D eigenvalue weighted by Gasteiger charge is 2.12. The molecule has 1 aromatic carbocycles. The predicted molar refractivity (Wildman–Crippen MR) is 73.0 cm³/mol. The van der Waals surface area contributed by atoms with Crippen LogP contribution in [0.5, 0.6) is 11.5 Å². The Morgan fingerprint density at radius 1 is 1.28 bits per heavy atom. The van der Waals surface area contributed by atoms with Crippen LogP contribution in [0.2, 0.25) is 0 Å². The van der Waals surface area contributed by atoms with E-state index in [4.69, 9.17) is 4.74 Å². The molecule has 3 nitrogen and oxygen atoms in total. The molecule has 0 saturated heterocycles. The van der Waals surface area contributed by atoms with Crippen LogP contribution in [0.3, 0.4) is 0 Å². The van der Waals surface area contributed by atoms with E-state index in [1.54, 1.807) is 6.07 Å². The number of phenolic OH excluding ortho intramolecular Hbond substituents is 1. The van der Waals surface area contributed by atoms with E-state index in [-0.39, 0.29) is 5.75 Å². The number of benzene rings is 1. The molecule has 1 aliphatic carbocycles. The summed E-state index contributed by atoms with van der Waals surface area (Å²) >= 11 is 0. The lowest BCUT2D eigenvalue weighted by molar-refractivity contribution is 0.317. The number of ether oxygens (including phenoxy) is 1. The topological polar surface area (TPSA) is 41.5 Å². The minimum Gasteiger partial charge on any atom is -0.504 e. The van der Waals surface area contributed by atoms with E-state index in [0.29, 0.717) is 18.4 Å². The Balaban J connectivity index is 1.90. The molecule has 0 aromatic heterocycles. The molecule has 100 valence electrons. The zero-order valence-electron chi connectivity index (χ0n) is 11.1. The molecule has 1 aliphatic rings. The van der Waals surface area contributed by atoms with Crippen molar-refractivity contribution in [3.8, 4) is 11.5 Å². The number of phenols is 1. The smallest absolute Gasteiger partial charge is 0.161 e. The van der Waals surface area contributed by atoms with Crippen molar-refractivity contribution < 1.29 is 9.84 Å². The van der Waals surface area contributed by atoms with E-state index in [0.717, 1.165) is 6.54 Å². The first-order valence-corrected chi connectivity index (χ1v) is 6.97. The molecule has 0 atom stereocenters. The number of hydrogen-bond donors (Lipinski definition) is 2. The molecular formula is C15H23NO2. The van der Waals surface area contributed by atoms with Crippen LogP contribution in [0.4, 0.5) is 0 Å². The molecular weight excluding hydrogens is 226 g/mol. The Kier molecular flexibility index (Phi) is 4.88. The lowest BCUT2D eigenvalue weighted by atomic mass is 9.95. The Labute approximate surface area is 109 Å². The fourth-order valence-corrected chi connectivity index (χ4v) is 2.51. The van der Waals surface area contributed by atoms with Crippen LogP contribution in [0.15, 0.2) is 18.2 Å². The molecule has 1 aromatic rings. The second-order valence-electron chi connectivity index (χ2n) is 4.95. The fourth-order valence-electron chi connectivity index (χ4n) is 2.51. The Morgan fingerprint density at radius 3 is 2.78 bits per heavy atom. The molecule has 3 heteroatoms. The molecule has 18 heavy (non-hydrogen) atoms. The highest BCUT2D eigenvalue weighted by Crippen LogP contribution is 2.27. The number of nitrogens with one attached hydrogen (secondary N) is 1. The molecule has 0 bridgehead atoms. The van der Waals surface area contributed by atoms with Crippen molar-refractivity contribution in [2.24, 2.45) is 0 Å². The van der Waals surface area contributed by atoms with E-state index < -0.39 is 0 Å². The normalized spacial score (nSPS) is 16.7. The summed E-state index contributed by atoms with van der Waals surface area (Å²) in [7, 11) is 0. The van der Waals surface area contributed by atoms with E-state index in [9.17, 15) is 5.11 Å². The highest BCUT2D eigenvalue weighted by atomic mass is 16.5. The van der Waals surface area contributed by atoms with Gasteiger partial charge < -0.3 is 15.2 Å². The summed E-state index contributed by atoms with van der Waals surface area (Å²) in [4.78, 5) is 0. The molecule has 1 fully saturated rings. The van der Waals surface area contributed by atoms with Crippen LogP contribution >= 0.6 is 0 Å². The average Bonchev–Trinajstić information content (AvgIpc) is 2.41. The minimum absolute atomic E-state index is 0.221. The van der Waals surface area contributed by atoms with E-state index in [1.165, 1.54) is 37.7 Å². The van der Waals surface area contributed by atoms with Gasteiger partial charge in [0.2, 0.25) is 0 Å². The largest absolute Gasteiger partial charge is 0.504 e. The van der Waals surface area contributed by atoms with Gasteiger partial charge in [0.25, 0.3) is 0 Å². The molecule has 2 N–H and O–H groups in total. The van der Waals surface area contributed by atoms with Gasteiger partial charge >= 0.3 is 0 Å². The van der Waals surface area contributed by atoms with Crippen LogP contribution in [-0.4, -0.2) is 17.8 Å². The summed E-state index contributed by atoms with van der Waals surface area (Å²) in [5.41, 5.74) is 1.17. The fraction of sp³-hybridized carbons (Fsp3) is 0.600. The maximum Gasteiger partial charge on any atom is 0.161 e. The zero-order chi connectivity index (χ0) is 12.8. The quantitative estimate of drug-likeness (QED) is 0.842. The standard InChI is InChI=1S/C15H23NO2/c1-2-18-15-10-12(8-9-14(15)17)11-16-13-6-4-3-5-7-13/h8-10,13,16-17H,2-7,11H2,1H3. The molecule has 2 rings (SSSR count). The van der Waals surface area contributed by atoms with Gasteiger partial charge in [-0.15, -0.1) is 0 Å². The van der Waals surface area contributed by atoms with E-state index in [2.05, 4.69) is 5.32 Å². The van der Waals surface area contributed by atoms with Crippen molar-refractivity contribution in [2.45, 2.75) is 51.6 Å². The van der Waals surface area contributed by atoms with Crippen molar-refractivity contribution in [1.82, 2.24) is 5.32 Å². The highest BCUT2D eigenvalue weighted by molar-refractivity contribution is 5.41. The summed E-state index contributed by atoms with van der Waals surface area (Å²) in [5, 5.41) is 13.2. The van der Waals surface area contributed by atoms with Crippen molar-refractivity contribution in [3.63, 3.8) is 0 Å². The van der Waals surface area contributed by atoms with Gasteiger partial charge in [0, 0.05) is 12.6 Å². The van der Waals surface area contributed by atoms with Gasteiger partial charge in [-0.25, -0.2) is 0 Å². The molecule has 0 unspecified atom stereocenters. The molecule has 0 spiro atoms. The Hall–Kier alpha value is -1.22. The molecule has 0 heterocycles. The third-order valence-electron chi connectivity index (χ3n) is 3.52. The molecule has 0 amide bonds. The number of rotatable bonds is 5. The van der Waals surface area contributed by atoms with Crippen LogP contribution in [0, 0.1) is 0 Å². The first kappa shape index (κ1) is 13.2. The maximum atomic E-state index is 9.64. The summed E-state index contributed by atoms with van der Waals surface area (Å²) in [6.07, 6.45) is 6.65. The second kappa shape index (κ2) is 6.64. The zero-order valence-corrected chi connectivity index (χ0v) is 11.1. The monoisotopic (exact) mass is 249 g/mol. The lowest BCUT2D eigenvalue weighted by Gasteiger charge is -2.23. The van der Waals surface area contributed by atoms with Crippen LogP contribution in [0.25, 0.3) is 0 Å². The predicted octanol–water partition coefficient (Wildman–Crippen LogP) is 3.21. The van der Waals surface area contributed by atoms with Crippen LogP contribution in [0.1, 0.15) is 44.6 Å². The number of aromatic hydroxyl groups is 1. The van der Waals surface area contributed by atoms with Gasteiger partial charge in [-0.1, -0.05) is 25.3 Å². The number of hydrogen-bond acceptors (Lipinski definition) is 3. The van der Waals surface area contributed by atoms with Crippen molar-refractivity contribution in [3.05, 3.63) is 23.8 Å². The van der Waals surface area contributed by atoms with Crippen LogP contribution < -0.4 is 10.1 Å². The first-order valence-electron chi connectivity index (χ1n) is 6.97. The van der Waals surface area contributed by atoms with Crippen molar-refractivity contribution >= 4 is 0 Å². The SMILES string of the molecule is CCOc1cc(CNC2CCCCC2)ccc1O. The second-order valence-corrected chi connectivity index (χ2v) is 4.95. The third kappa shape index (κ3) is 3.64. The molecule has 0 radical (unpaired) electrons. The van der Waals surface area contributed by atoms with Gasteiger partial charge in [-0.05, 0) is 37.5 Å². The summed E-state index contributed by atoms with van der Waals surface area (Å²) in [5.74, 6) is 0.804. The molecule has 1 saturated carbocycles. The summed E-state index contributed by atoms with van der Waals surface area (Å²) < 4.78 is 5.39. The lowest BCUT2D eigenvalue weighted by Crippen LogP contribution is -2.30. The van der Waals surface area contributed by atoms with Crippen molar-refractivity contribution in [1.29, 1.82) is 0 Å². The summed E-state index contributed by atoms with van der Waals surface area (Å²) in [6, 6.07) is 6.24. The van der Waals surface area contributed by atoms with Crippen LogP contribution in [-0.2, 0) is 6.54 Å². The molecule has 0 aliphatic heterocycles. The van der Waals surface area contributed by atoms with Gasteiger partial charge in [-0.2, -0.15) is 0 Å². The third-order valence-corrected chi connectivity index (χ3v) is 3.52. The average molecular weight is 249 g/mol. The van der Waals surface area contributed by atoms with Gasteiger partial charge in [0.05, 0.1) is 6.61 Å². The minimum atomic E-state index is 0.221. The van der Waals surface area contributed by atoms with Gasteiger partial charge in [0.1, 0.15) is 0 Å². The summed E-state index contributed by atoms with van der Waals surface area (Å²) in [6.45, 7) is 3.35. The van der Waals surface area contributed by atoms with Gasteiger partial charge in [0.15, 0.2) is 11.5 Å². The Morgan fingerprint density at radius 2 is 2.06 bits per heavy atom. The Bertz CT molecular complexity index is 373. The van der Waals surface area contributed by atoms with E-state index in [1.807, 2.05) is 19.1 Å². The first-order chi connectivity index (χ1) is 8.79. The van der Waals surface area contributed by atoms with E-state index >= 15 is 0 Å². The van der Waals surface area contributed by atoms with Gasteiger partial charge in [-0.3, -0.25) is 0 Å². The maximum absolute atomic E-state index is 9.64.